The number of hydrogen-bond donors (Lipinski definition) is 1. The number of aliphatic imine (C=N–C) groups is 1. The Morgan fingerprint density at radius 2 is 1.83 bits per heavy atom. The number of benzene rings is 1. The molecule has 6 nitrogen and oxygen atoms in total. The zero-order chi connectivity index (χ0) is 17.9. The first-order chi connectivity index (χ1) is 11.5. The van der Waals surface area contributed by atoms with Gasteiger partial charge in [0.15, 0.2) is 5.96 Å². The molecule has 0 heterocycles. The van der Waals surface area contributed by atoms with Crippen molar-refractivity contribution in [1.82, 2.24) is 15.1 Å². The van der Waals surface area contributed by atoms with Gasteiger partial charge < -0.3 is 15.1 Å². The molecule has 0 aliphatic heterocycles. The van der Waals surface area contributed by atoms with Crippen LogP contribution in [0.1, 0.15) is 31.9 Å². The van der Waals surface area contributed by atoms with Crippen LogP contribution in [0.2, 0.25) is 0 Å². The molecule has 130 valence electrons. The molecule has 0 aliphatic carbocycles. The van der Waals surface area contributed by atoms with Crippen LogP contribution in [0.25, 0.3) is 0 Å². The van der Waals surface area contributed by atoms with Gasteiger partial charge in [0, 0.05) is 26.7 Å². The molecule has 1 aromatic rings. The molecular formula is C18H27N5O. The molecule has 0 fully saturated rings. The maximum absolute atomic E-state index is 12.2. The fourth-order valence-electron chi connectivity index (χ4n) is 2.27. The van der Waals surface area contributed by atoms with Gasteiger partial charge in [0.25, 0.3) is 0 Å². The number of rotatable bonds is 7. The Bertz CT molecular complexity index is 584. The summed E-state index contributed by atoms with van der Waals surface area (Å²) in [7, 11) is 1.86. The SMILES string of the molecule is CCNC(=NCc1ccc(C#N)cc1)N(C)CC(=O)N(CC)CC. The minimum Gasteiger partial charge on any atom is -0.357 e. The quantitative estimate of drug-likeness (QED) is 0.612. The third kappa shape index (κ3) is 5.92. The van der Waals surface area contributed by atoms with Crippen molar-refractivity contribution in [1.29, 1.82) is 5.26 Å². The van der Waals surface area contributed by atoms with Crippen LogP contribution < -0.4 is 5.32 Å². The van der Waals surface area contributed by atoms with Crippen LogP contribution in [-0.2, 0) is 11.3 Å². The van der Waals surface area contributed by atoms with E-state index in [0.29, 0.717) is 37.7 Å². The fourth-order valence-corrected chi connectivity index (χ4v) is 2.27. The maximum Gasteiger partial charge on any atom is 0.242 e. The van der Waals surface area contributed by atoms with Crippen molar-refractivity contribution < 1.29 is 4.79 Å². The second kappa shape index (κ2) is 10.3. The number of nitrogens with one attached hydrogen (secondary N) is 1. The average Bonchev–Trinajstić information content (AvgIpc) is 2.60. The highest BCUT2D eigenvalue weighted by Crippen LogP contribution is 2.05. The number of carbonyl (C=O) groups excluding carboxylic acids is 1. The van der Waals surface area contributed by atoms with Gasteiger partial charge in [-0.05, 0) is 38.5 Å². The van der Waals surface area contributed by atoms with Crippen molar-refractivity contribution in [3.05, 3.63) is 35.4 Å². The lowest BCUT2D eigenvalue weighted by molar-refractivity contribution is -0.131. The summed E-state index contributed by atoms with van der Waals surface area (Å²) in [6.07, 6.45) is 0. The fraction of sp³-hybridized carbons (Fsp3) is 0.500. The molecule has 6 heteroatoms. The van der Waals surface area contributed by atoms with Crippen molar-refractivity contribution in [3.63, 3.8) is 0 Å². The van der Waals surface area contributed by atoms with Crippen LogP contribution in [0.4, 0.5) is 0 Å². The first kappa shape index (κ1) is 19.5. The summed E-state index contributed by atoms with van der Waals surface area (Å²) in [5.41, 5.74) is 1.66. The Kier molecular flexibility index (Phi) is 8.34. The molecule has 1 rings (SSSR count). The summed E-state index contributed by atoms with van der Waals surface area (Å²) in [6, 6.07) is 9.46. The van der Waals surface area contributed by atoms with E-state index >= 15 is 0 Å². The van der Waals surface area contributed by atoms with Gasteiger partial charge in [-0.3, -0.25) is 4.79 Å². The number of likely N-dealkylation sites (N-methyl/N-ethyl adjacent to an activating group) is 2. The van der Waals surface area contributed by atoms with Crippen LogP contribution in [0.5, 0.6) is 0 Å². The smallest absolute Gasteiger partial charge is 0.242 e. The van der Waals surface area contributed by atoms with E-state index in [4.69, 9.17) is 5.26 Å². The Hall–Kier alpha value is -2.55. The van der Waals surface area contributed by atoms with E-state index in [2.05, 4.69) is 16.4 Å². The molecule has 1 amide bonds. The van der Waals surface area contributed by atoms with E-state index < -0.39 is 0 Å². The lowest BCUT2D eigenvalue weighted by atomic mass is 10.1. The van der Waals surface area contributed by atoms with Crippen molar-refractivity contribution in [3.8, 4) is 6.07 Å². The van der Waals surface area contributed by atoms with Crippen LogP contribution in [0, 0.1) is 11.3 Å². The summed E-state index contributed by atoms with van der Waals surface area (Å²) in [5, 5.41) is 12.0. The van der Waals surface area contributed by atoms with Gasteiger partial charge in [0.2, 0.25) is 5.91 Å². The van der Waals surface area contributed by atoms with E-state index in [0.717, 1.165) is 12.1 Å². The number of amides is 1. The van der Waals surface area contributed by atoms with Crippen LogP contribution in [0.15, 0.2) is 29.3 Å². The van der Waals surface area contributed by atoms with Gasteiger partial charge in [0.05, 0.1) is 24.7 Å². The standard InChI is InChI=1S/C18H27N5O/c1-5-20-18(22(4)14-17(24)23(6-2)7-3)21-13-16-10-8-15(12-19)9-11-16/h8-11H,5-7,13-14H2,1-4H3,(H,20,21). The summed E-state index contributed by atoms with van der Waals surface area (Å²) >= 11 is 0. The number of hydrogen-bond acceptors (Lipinski definition) is 3. The molecule has 0 bridgehead atoms. The maximum atomic E-state index is 12.2. The molecule has 0 saturated heterocycles. The van der Waals surface area contributed by atoms with Gasteiger partial charge in [0.1, 0.15) is 0 Å². The van der Waals surface area contributed by atoms with E-state index in [-0.39, 0.29) is 5.91 Å². The zero-order valence-electron chi connectivity index (χ0n) is 15.0. The van der Waals surface area contributed by atoms with Gasteiger partial charge in [-0.1, -0.05) is 12.1 Å². The lowest BCUT2D eigenvalue weighted by Gasteiger charge is -2.25. The van der Waals surface area contributed by atoms with E-state index in [1.807, 2.05) is 44.9 Å². The van der Waals surface area contributed by atoms with Gasteiger partial charge in [-0.2, -0.15) is 5.26 Å². The monoisotopic (exact) mass is 329 g/mol. The minimum absolute atomic E-state index is 0.0893. The van der Waals surface area contributed by atoms with E-state index in [1.54, 1.807) is 17.0 Å². The second-order valence-corrected chi connectivity index (χ2v) is 5.40. The number of guanidine groups is 1. The molecule has 0 saturated carbocycles. The predicted molar refractivity (Wildman–Crippen MR) is 96.5 cm³/mol. The molecule has 0 radical (unpaired) electrons. The summed E-state index contributed by atoms with van der Waals surface area (Å²) in [6.45, 7) is 8.90. The van der Waals surface area contributed by atoms with Gasteiger partial charge >= 0.3 is 0 Å². The predicted octanol–water partition coefficient (Wildman–Crippen LogP) is 1.82. The molecule has 0 spiro atoms. The second-order valence-electron chi connectivity index (χ2n) is 5.40. The number of carbonyl (C=O) groups is 1. The van der Waals surface area contributed by atoms with Crippen molar-refractivity contribution in [2.75, 3.05) is 33.2 Å². The van der Waals surface area contributed by atoms with Crippen LogP contribution in [0.3, 0.4) is 0 Å². The summed E-state index contributed by atoms with van der Waals surface area (Å²) < 4.78 is 0. The number of nitrogens with zero attached hydrogens (tertiary/aromatic N) is 4. The molecule has 1 N–H and O–H groups in total. The molecule has 0 aromatic heterocycles. The van der Waals surface area contributed by atoms with E-state index in [9.17, 15) is 4.79 Å². The third-order valence-electron chi connectivity index (χ3n) is 3.68. The Morgan fingerprint density at radius 1 is 1.21 bits per heavy atom. The third-order valence-corrected chi connectivity index (χ3v) is 3.68. The number of nitriles is 1. The molecule has 0 atom stereocenters. The lowest BCUT2D eigenvalue weighted by Crippen LogP contribution is -2.45. The molecule has 24 heavy (non-hydrogen) atoms. The molecule has 1 aromatic carbocycles. The van der Waals surface area contributed by atoms with Crippen molar-refractivity contribution in [2.24, 2.45) is 4.99 Å². The highest BCUT2D eigenvalue weighted by molar-refractivity contribution is 5.86. The van der Waals surface area contributed by atoms with Gasteiger partial charge in [-0.15, -0.1) is 0 Å². The minimum atomic E-state index is 0.0893. The van der Waals surface area contributed by atoms with Crippen molar-refractivity contribution >= 4 is 11.9 Å². The molecular weight excluding hydrogens is 302 g/mol. The first-order valence-corrected chi connectivity index (χ1v) is 8.31. The first-order valence-electron chi connectivity index (χ1n) is 8.31. The highest BCUT2D eigenvalue weighted by Gasteiger charge is 2.14. The Morgan fingerprint density at radius 3 is 2.33 bits per heavy atom. The van der Waals surface area contributed by atoms with Crippen LogP contribution in [-0.4, -0.2) is 54.9 Å². The van der Waals surface area contributed by atoms with E-state index in [1.165, 1.54) is 0 Å². The Balaban J connectivity index is 2.76. The molecule has 0 aliphatic rings. The van der Waals surface area contributed by atoms with Crippen molar-refractivity contribution in [2.45, 2.75) is 27.3 Å². The zero-order valence-corrected chi connectivity index (χ0v) is 15.0. The topological polar surface area (TPSA) is 71.7 Å². The highest BCUT2D eigenvalue weighted by atomic mass is 16.2. The summed E-state index contributed by atoms with van der Waals surface area (Å²) in [5.74, 6) is 0.786. The summed E-state index contributed by atoms with van der Waals surface area (Å²) in [4.78, 5) is 20.5. The molecule has 0 unspecified atom stereocenters. The normalized spacial score (nSPS) is 10.9. The largest absolute Gasteiger partial charge is 0.357 e. The Labute approximate surface area is 144 Å². The van der Waals surface area contributed by atoms with Gasteiger partial charge in [-0.25, -0.2) is 4.99 Å². The average molecular weight is 329 g/mol. The van der Waals surface area contributed by atoms with Crippen LogP contribution >= 0.6 is 0 Å².